The van der Waals surface area contributed by atoms with Gasteiger partial charge in [0.15, 0.2) is 5.78 Å². The lowest BCUT2D eigenvalue weighted by atomic mass is 10.0. The summed E-state index contributed by atoms with van der Waals surface area (Å²) < 4.78 is 19.7. The Morgan fingerprint density at radius 1 is 1.29 bits per heavy atom. The summed E-state index contributed by atoms with van der Waals surface area (Å²) in [6.45, 7) is 1.46. The van der Waals surface area contributed by atoms with Crippen LogP contribution in [0.15, 0.2) is 11.1 Å². The van der Waals surface area contributed by atoms with Gasteiger partial charge in [-0.3, -0.25) is 9.32 Å². The third-order valence-corrected chi connectivity index (χ3v) is 3.59. The first-order valence-corrected chi connectivity index (χ1v) is 8.50. The van der Waals surface area contributed by atoms with Crippen molar-refractivity contribution in [1.82, 2.24) is 0 Å². The van der Waals surface area contributed by atoms with Crippen molar-refractivity contribution in [3.63, 3.8) is 0 Å². The molecular weight excluding hydrogens is 299 g/mol. The van der Waals surface area contributed by atoms with E-state index in [-0.39, 0.29) is 30.0 Å². The molecule has 2 N–H and O–H groups in total. The minimum absolute atomic E-state index is 0.112. The fourth-order valence-corrected chi connectivity index (χ4v) is 2.37. The Kier molecular flexibility index (Phi) is 7.25. The number of cyclic esters (lactones) is 1. The quantitative estimate of drug-likeness (QED) is 0.274. The largest absolute Gasteiger partial charge is 0.469 e. The lowest BCUT2D eigenvalue weighted by molar-refractivity contribution is -0.137. The van der Waals surface area contributed by atoms with Gasteiger partial charge in [-0.25, -0.2) is 9.36 Å². The van der Waals surface area contributed by atoms with Crippen LogP contribution in [0.25, 0.3) is 0 Å². The number of Topliss-reactive ketones (excluding diaryl/α,β-unsaturated/α-hetero) is 1. The summed E-state index contributed by atoms with van der Waals surface area (Å²) >= 11 is 0. The number of phosphoric acid groups is 1. The SMILES string of the molecule is CCCCCCCC(=O)C1=C(COP(=O)(O)O)COC1=O. The van der Waals surface area contributed by atoms with Crippen LogP contribution in [0.3, 0.4) is 0 Å². The number of carbonyl (C=O) groups is 2. The molecule has 1 aliphatic rings. The van der Waals surface area contributed by atoms with Gasteiger partial charge in [0.05, 0.1) is 6.61 Å². The average Bonchev–Trinajstić information content (AvgIpc) is 2.76. The molecule has 0 unspecified atom stereocenters. The highest BCUT2D eigenvalue weighted by Crippen LogP contribution is 2.37. The highest BCUT2D eigenvalue weighted by Gasteiger charge is 2.31. The molecule has 0 radical (unpaired) electrons. The third kappa shape index (κ3) is 6.52. The maximum absolute atomic E-state index is 12.0. The summed E-state index contributed by atoms with van der Waals surface area (Å²) in [7, 11) is -4.64. The van der Waals surface area contributed by atoms with Crippen molar-refractivity contribution >= 4 is 19.6 Å². The first-order chi connectivity index (χ1) is 9.85. The van der Waals surface area contributed by atoms with E-state index in [1.54, 1.807) is 0 Å². The second kappa shape index (κ2) is 8.44. The van der Waals surface area contributed by atoms with Crippen LogP contribution in [0.1, 0.15) is 45.4 Å². The highest BCUT2D eigenvalue weighted by molar-refractivity contribution is 7.46. The summed E-state index contributed by atoms with van der Waals surface area (Å²) in [5.41, 5.74) is 0.0841. The molecule has 1 heterocycles. The Balaban J connectivity index is 2.55. The van der Waals surface area contributed by atoms with Crippen LogP contribution in [0.5, 0.6) is 0 Å². The van der Waals surface area contributed by atoms with E-state index in [0.717, 1.165) is 25.7 Å². The van der Waals surface area contributed by atoms with Crippen LogP contribution in [-0.2, 0) is 23.4 Å². The molecule has 0 aromatic carbocycles. The maximum atomic E-state index is 12.0. The van der Waals surface area contributed by atoms with Crippen molar-refractivity contribution in [2.45, 2.75) is 45.4 Å². The standard InChI is InChI=1S/C13H21O7P/c1-2-3-4-5-6-7-11(14)12-10(8-19-13(12)15)9-20-21(16,17)18/h2-9H2,1H3,(H2,16,17,18). The van der Waals surface area contributed by atoms with Gasteiger partial charge >= 0.3 is 13.8 Å². The first-order valence-electron chi connectivity index (χ1n) is 6.97. The Morgan fingerprint density at radius 3 is 2.57 bits per heavy atom. The van der Waals surface area contributed by atoms with Crippen LogP contribution in [0.2, 0.25) is 0 Å². The zero-order valence-electron chi connectivity index (χ0n) is 12.0. The molecule has 7 nitrogen and oxygen atoms in total. The number of ether oxygens (including phenoxy) is 1. The first kappa shape index (κ1) is 18.0. The van der Waals surface area contributed by atoms with Crippen molar-refractivity contribution in [3.8, 4) is 0 Å². The Bertz CT molecular complexity index is 463. The molecule has 0 saturated heterocycles. The van der Waals surface area contributed by atoms with Crippen molar-refractivity contribution < 1.29 is 33.2 Å². The van der Waals surface area contributed by atoms with Gasteiger partial charge in [-0.1, -0.05) is 32.6 Å². The molecule has 0 atom stereocenters. The second-order valence-corrected chi connectivity index (χ2v) is 6.15. The monoisotopic (exact) mass is 320 g/mol. The number of unbranched alkanes of at least 4 members (excludes halogenated alkanes) is 4. The minimum atomic E-state index is -4.64. The fourth-order valence-electron chi connectivity index (χ4n) is 2.04. The van der Waals surface area contributed by atoms with E-state index < -0.39 is 20.4 Å². The molecule has 0 amide bonds. The van der Waals surface area contributed by atoms with E-state index in [4.69, 9.17) is 14.5 Å². The topological polar surface area (TPSA) is 110 Å². The number of carbonyl (C=O) groups excluding carboxylic acids is 2. The molecule has 0 aromatic rings. The maximum Gasteiger partial charge on any atom is 0.469 e. The summed E-state index contributed by atoms with van der Waals surface area (Å²) in [6.07, 6.45) is 5.09. The zero-order chi connectivity index (χ0) is 15.9. The van der Waals surface area contributed by atoms with Crippen LogP contribution in [0, 0.1) is 0 Å². The van der Waals surface area contributed by atoms with E-state index in [1.165, 1.54) is 0 Å². The van der Waals surface area contributed by atoms with Crippen molar-refractivity contribution in [3.05, 3.63) is 11.1 Å². The molecule has 0 fully saturated rings. The predicted molar refractivity (Wildman–Crippen MR) is 74.4 cm³/mol. The molecule has 0 saturated carbocycles. The zero-order valence-corrected chi connectivity index (χ0v) is 12.9. The van der Waals surface area contributed by atoms with Gasteiger partial charge in [0.25, 0.3) is 0 Å². The van der Waals surface area contributed by atoms with E-state index >= 15 is 0 Å². The lowest BCUT2D eigenvalue weighted by Gasteiger charge is -2.06. The van der Waals surface area contributed by atoms with Crippen molar-refractivity contribution in [1.29, 1.82) is 0 Å². The van der Waals surface area contributed by atoms with Gasteiger partial charge in [-0.05, 0) is 6.42 Å². The van der Waals surface area contributed by atoms with Gasteiger partial charge in [0.2, 0.25) is 0 Å². The van der Waals surface area contributed by atoms with Gasteiger partial charge in [-0.2, -0.15) is 0 Å². The molecule has 1 rings (SSSR count). The molecule has 120 valence electrons. The van der Waals surface area contributed by atoms with Crippen LogP contribution >= 0.6 is 7.82 Å². The van der Waals surface area contributed by atoms with Crippen molar-refractivity contribution in [2.75, 3.05) is 13.2 Å². The predicted octanol–water partition coefficient (Wildman–Crippen LogP) is 1.88. The molecule has 0 spiro atoms. The normalized spacial score (nSPS) is 15.5. The molecule has 0 aromatic heterocycles. The minimum Gasteiger partial charge on any atom is -0.457 e. The number of hydrogen-bond acceptors (Lipinski definition) is 5. The van der Waals surface area contributed by atoms with E-state index in [0.29, 0.717) is 6.42 Å². The molecule has 21 heavy (non-hydrogen) atoms. The number of ketones is 1. The highest BCUT2D eigenvalue weighted by atomic mass is 31.2. The lowest BCUT2D eigenvalue weighted by Crippen LogP contribution is -2.12. The summed E-state index contributed by atoms with van der Waals surface area (Å²) in [5, 5.41) is 0. The molecule has 0 bridgehead atoms. The fraction of sp³-hybridized carbons (Fsp3) is 0.692. The van der Waals surface area contributed by atoms with Crippen molar-refractivity contribution in [2.24, 2.45) is 0 Å². The van der Waals surface area contributed by atoms with Gasteiger partial charge in [0.1, 0.15) is 12.2 Å². The van der Waals surface area contributed by atoms with E-state index in [9.17, 15) is 14.2 Å². The van der Waals surface area contributed by atoms with Gasteiger partial charge in [0, 0.05) is 12.0 Å². The Hall–Kier alpha value is -1.01. The smallest absolute Gasteiger partial charge is 0.457 e. The number of esters is 1. The summed E-state index contributed by atoms with van der Waals surface area (Å²) in [6, 6.07) is 0. The Morgan fingerprint density at radius 2 is 1.95 bits per heavy atom. The number of rotatable bonds is 10. The van der Waals surface area contributed by atoms with Gasteiger partial charge in [-0.15, -0.1) is 0 Å². The average molecular weight is 320 g/mol. The molecular formula is C13H21O7P. The third-order valence-electron chi connectivity index (χ3n) is 3.13. The van der Waals surface area contributed by atoms with E-state index in [1.807, 2.05) is 0 Å². The Labute approximate surface area is 123 Å². The molecule has 1 aliphatic heterocycles. The van der Waals surface area contributed by atoms with Crippen LogP contribution < -0.4 is 0 Å². The van der Waals surface area contributed by atoms with Gasteiger partial charge < -0.3 is 14.5 Å². The molecule has 0 aliphatic carbocycles. The summed E-state index contributed by atoms with van der Waals surface area (Å²) in [4.78, 5) is 40.8. The second-order valence-electron chi connectivity index (χ2n) is 4.91. The number of hydrogen-bond donors (Lipinski definition) is 2. The summed E-state index contributed by atoms with van der Waals surface area (Å²) in [5.74, 6) is -1.09. The number of phosphoric ester groups is 1. The van der Waals surface area contributed by atoms with E-state index in [2.05, 4.69) is 11.4 Å². The van der Waals surface area contributed by atoms with Crippen LogP contribution in [0.4, 0.5) is 0 Å². The molecule has 8 heteroatoms. The van der Waals surface area contributed by atoms with Crippen LogP contribution in [-0.4, -0.2) is 34.8 Å².